The van der Waals surface area contributed by atoms with Crippen molar-refractivity contribution in [2.24, 2.45) is 0 Å². The van der Waals surface area contributed by atoms with Crippen LogP contribution in [0.25, 0.3) is 0 Å². The van der Waals surface area contributed by atoms with E-state index in [9.17, 15) is 4.79 Å². The fourth-order valence-corrected chi connectivity index (χ4v) is 3.04. The van der Waals surface area contributed by atoms with Crippen molar-refractivity contribution in [1.82, 2.24) is 15.2 Å². The van der Waals surface area contributed by atoms with Crippen LogP contribution < -0.4 is 10.6 Å². The van der Waals surface area contributed by atoms with Crippen LogP contribution in [-0.4, -0.2) is 55.2 Å². The molecule has 0 bridgehead atoms. The Kier molecular flexibility index (Phi) is 6.20. The van der Waals surface area contributed by atoms with Crippen molar-refractivity contribution in [3.63, 3.8) is 0 Å². The number of anilines is 2. The fourth-order valence-electron chi connectivity index (χ4n) is 3.04. The first kappa shape index (κ1) is 18.4. The van der Waals surface area contributed by atoms with Gasteiger partial charge in [-0.1, -0.05) is 18.2 Å². The van der Waals surface area contributed by atoms with Gasteiger partial charge in [-0.25, -0.2) is 0 Å². The predicted molar refractivity (Wildman–Crippen MR) is 103 cm³/mol. The first-order valence-corrected chi connectivity index (χ1v) is 9.00. The first-order chi connectivity index (χ1) is 12.6. The van der Waals surface area contributed by atoms with Gasteiger partial charge in [0.05, 0.1) is 30.7 Å². The summed E-state index contributed by atoms with van der Waals surface area (Å²) in [5.74, 6) is -0.101. The number of para-hydroxylation sites is 1. The van der Waals surface area contributed by atoms with Gasteiger partial charge in [-0.3, -0.25) is 14.7 Å². The highest BCUT2D eigenvalue weighted by Gasteiger charge is 2.12. The molecule has 0 unspecified atom stereocenters. The van der Waals surface area contributed by atoms with Crippen LogP contribution in [0.5, 0.6) is 0 Å². The van der Waals surface area contributed by atoms with Crippen molar-refractivity contribution in [3.8, 4) is 0 Å². The molecule has 1 aromatic carbocycles. The summed E-state index contributed by atoms with van der Waals surface area (Å²) in [5, 5.41) is 6.35. The van der Waals surface area contributed by atoms with Crippen molar-refractivity contribution in [2.75, 3.05) is 44.7 Å². The third kappa shape index (κ3) is 4.80. The number of amides is 1. The number of benzene rings is 1. The Morgan fingerprint density at radius 3 is 2.65 bits per heavy atom. The molecule has 2 heterocycles. The Morgan fingerprint density at radius 1 is 1.19 bits per heavy atom. The van der Waals surface area contributed by atoms with Gasteiger partial charge < -0.3 is 15.4 Å². The van der Waals surface area contributed by atoms with Crippen LogP contribution in [0, 0.1) is 13.8 Å². The molecule has 1 amide bonds. The van der Waals surface area contributed by atoms with Gasteiger partial charge in [0, 0.05) is 38.1 Å². The molecule has 26 heavy (non-hydrogen) atoms. The molecule has 1 aliphatic heterocycles. The zero-order valence-electron chi connectivity index (χ0n) is 15.4. The lowest BCUT2D eigenvalue weighted by atomic mass is 10.1. The number of carbonyl (C=O) groups is 1. The highest BCUT2D eigenvalue weighted by atomic mass is 16.5. The largest absolute Gasteiger partial charge is 0.379 e. The van der Waals surface area contributed by atoms with Crippen LogP contribution in [0.15, 0.2) is 36.7 Å². The molecular weight excluding hydrogens is 328 g/mol. The topological polar surface area (TPSA) is 66.5 Å². The summed E-state index contributed by atoms with van der Waals surface area (Å²) in [6, 6.07) is 7.99. The van der Waals surface area contributed by atoms with E-state index in [1.165, 1.54) is 0 Å². The van der Waals surface area contributed by atoms with Crippen molar-refractivity contribution in [3.05, 3.63) is 53.3 Å². The molecule has 2 N–H and O–H groups in total. The normalized spacial score (nSPS) is 14.8. The monoisotopic (exact) mass is 354 g/mol. The second kappa shape index (κ2) is 8.78. The highest BCUT2D eigenvalue weighted by Crippen LogP contribution is 2.24. The fraction of sp³-hybridized carbons (Fsp3) is 0.400. The SMILES string of the molecule is Cc1cccc(C)c1Nc1cncc(C(=O)NCCN2CCOCC2)c1. The van der Waals surface area contributed by atoms with Gasteiger partial charge >= 0.3 is 0 Å². The van der Waals surface area contributed by atoms with Crippen molar-refractivity contribution < 1.29 is 9.53 Å². The maximum Gasteiger partial charge on any atom is 0.252 e. The van der Waals surface area contributed by atoms with Crippen LogP contribution in [0.1, 0.15) is 21.5 Å². The van der Waals surface area contributed by atoms with Crippen molar-refractivity contribution >= 4 is 17.3 Å². The molecule has 1 aliphatic rings. The smallest absolute Gasteiger partial charge is 0.252 e. The zero-order valence-corrected chi connectivity index (χ0v) is 15.4. The third-order valence-electron chi connectivity index (χ3n) is 4.57. The van der Waals surface area contributed by atoms with Crippen LogP contribution in [0.4, 0.5) is 11.4 Å². The summed E-state index contributed by atoms with van der Waals surface area (Å²) < 4.78 is 5.33. The number of pyridine rings is 1. The standard InChI is InChI=1S/C20H26N4O2/c1-15-4-3-5-16(2)19(15)23-18-12-17(13-21-14-18)20(25)22-6-7-24-8-10-26-11-9-24/h3-5,12-14,23H,6-11H2,1-2H3,(H,22,25). The van der Waals surface area contributed by atoms with Gasteiger partial charge in [-0.2, -0.15) is 0 Å². The minimum Gasteiger partial charge on any atom is -0.379 e. The van der Waals surface area contributed by atoms with Gasteiger partial charge in [0.1, 0.15) is 0 Å². The van der Waals surface area contributed by atoms with Crippen LogP contribution in [0.3, 0.4) is 0 Å². The number of morpholine rings is 1. The van der Waals surface area contributed by atoms with Crippen LogP contribution in [0.2, 0.25) is 0 Å². The molecule has 1 saturated heterocycles. The van der Waals surface area contributed by atoms with Crippen LogP contribution >= 0.6 is 0 Å². The summed E-state index contributed by atoms with van der Waals surface area (Å²) in [7, 11) is 0. The van der Waals surface area contributed by atoms with E-state index in [1.54, 1.807) is 12.4 Å². The molecule has 0 saturated carbocycles. The maximum absolute atomic E-state index is 12.4. The second-order valence-electron chi connectivity index (χ2n) is 6.56. The van der Waals surface area contributed by atoms with E-state index in [-0.39, 0.29) is 5.91 Å². The van der Waals surface area contributed by atoms with E-state index in [0.717, 1.165) is 55.3 Å². The average molecular weight is 354 g/mol. The Bertz CT molecular complexity index is 737. The molecule has 0 atom stereocenters. The predicted octanol–water partition coefficient (Wildman–Crippen LogP) is 2.50. The van der Waals surface area contributed by atoms with E-state index < -0.39 is 0 Å². The summed E-state index contributed by atoms with van der Waals surface area (Å²) in [4.78, 5) is 18.9. The van der Waals surface area contributed by atoms with Gasteiger partial charge in [0.25, 0.3) is 5.91 Å². The first-order valence-electron chi connectivity index (χ1n) is 9.00. The van der Waals surface area contributed by atoms with Crippen LogP contribution in [-0.2, 0) is 4.74 Å². The van der Waals surface area contributed by atoms with Crippen molar-refractivity contribution in [1.29, 1.82) is 0 Å². The molecule has 0 spiro atoms. The Morgan fingerprint density at radius 2 is 1.92 bits per heavy atom. The quantitative estimate of drug-likeness (QED) is 0.834. The molecule has 3 rings (SSSR count). The van der Waals surface area contributed by atoms with Crippen molar-refractivity contribution in [2.45, 2.75) is 13.8 Å². The molecule has 138 valence electrons. The van der Waals surface area contributed by atoms with E-state index in [4.69, 9.17) is 4.74 Å². The average Bonchev–Trinajstić information content (AvgIpc) is 2.66. The lowest BCUT2D eigenvalue weighted by Gasteiger charge is -2.26. The maximum atomic E-state index is 12.4. The van der Waals surface area contributed by atoms with E-state index in [2.05, 4.69) is 46.5 Å². The number of aromatic nitrogens is 1. The molecule has 1 fully saturated rings. The Balaban J connectivity index is 1.58. The van der Waals surface area contributed by atoms with Gasteiger partial charge in [0.15, 0.2) is 0 Å². The number of hydrogen-bond donors (Lipinski definition) is 2. The zero-order chi connectivity index (χ0) is 18.4. The highest BCUT2D eigenvalue weighted by molar-refractivity contribution is 5.94. The van der Waals surface area contributed by atoms with Gasteiger partial charge in [-0.05, 0) is 31.0 Å². The molecule has 6 heteroatoms. The van der Waals surface area contributed by atoms with E-state index in [0.29, 0.717) is 12.1 Å². The summed E-state index contributed by atoms with van der Waals surface area (Å²) in [5.41, 5.74) is 4.74. The molecule has 1 aromatic heterocycles. The molecule has 2 aromatic rings. The molecule has 0 radical (unpaired) electrons. The lowest BCUT2D eigenvalue weighted by Crippen LogP contribution is -2.41. The minimum atomic E-state index is -0.101. The Hall–Kier alpha value is -2.44. The van der Waals surface area contributed by atoms with Gasteiger partial charge in [-0.15, -0.1) is 0 Å². The number of aryl methyl sites for hydroxylation is 2. The third-order valence-corrected chi connectivity index (χ3v) is 4.57. The number of nitrogens with zero attached hydrogens (tertiary/aromatic N) is 2. The number of rotatable bonds is 6. The lowest BCUT2D eigenvalue weighted by molar-refractivity contribution is 0.0383. The number of ether oxygens (including phenoxy) is 1. The number of nitrogens with one attached hydrogen (secondary N) is 2. The molecule has 0 aliphatic carbocycles. The number of carbonyl (C=O) groups excluding carboxylic acids is 1. The second-order valence-corrected chi connectivity index (χ2v) is 6.56. The minimum absolute atomic E-state index is 0.101. The molecular formula is C20H26N4O2. The summed E-state index contributed by atoms with van der Waals surface area (Å²) in [6.07, 6.45) is 3.33. The summed E-state index contributed by atoms with van der Waals surface area (Å²) in [6.45, 7) is 8.96. The molecule has 6 nitrogen and oxygen atoms in total. The summed E-state index contributed by atoms with van der Waals surface area (Å²) >= 11 is 0. The van der Waals surface area contributed by atoms with Gasteiger partial charge in [0.2, 0.25) is 0 Å². The Labute approximate surface area is 154 Å². The number of hydrogen-bond acceptors (Lipinski definition) is 5. The van der Waals surface area contributed by atoms with E-state index >= 15 is 0 Å². The van der Waals surface area contributed by atoms with E-state index in [1.807, 2.05) is 12.1 Å².